The maximum absolute atomic E-state index is 5.27. The average Bonchev–Trinajstić information content (AvgIpc) is 2.85. The first-order valence-electron chi connectivity index (χ1n) is 7.15. The van der Waals surface area contributed by atoms with Crippen molar-refractivity contribution >= 4 is 29.9 Å². The Bertz CT molecular complexity index is 398. The van der Waals surface area contributed by atoms with Crippen molar-refractivity contribution in [3.05, 3.63) is 11.7 Å². The monoisotopic (exact) mass is 411 g/mol. The molecule has 1 heterocycles. The third-order valence-corrected chi connectivity index (χ3v) is 2.48. The van der Waals surface area contributed by atoms with E-state index in [0.29, 0.717) is 24.9 Å². The molecule has 0 amide bonds. The number of nitrogens with zero attached hydrogens (tertiary/aromatic N) is 3. The molecule has 0 unspecified atom stereocenters. The topological polar surface area (TPSA) is 84.6 Å². The first kappa shape index (κ1) is 20.1. The number of aliphatic imine (C=N–C) groups is 1. The molecule has 0 aliphatic rings. The zero-order chi connectivity index (χ0) is 14.6. The highest BCUT2D eigenvalue weighted by atomic mass is 127. The highest BCUT2D eigenvalue weighted by molar-refractivity contribution is 14.0. The summed E-state index contributed by atoms with van der Waals surface area (Å²) in [6.07, 6.45) is 1.63. The predicted molar refractivity (Wildman–Crippen MR) is 93.2 cm³/mol. The lowest BCUT2D eigenvalue weighted by molar-refractivity contribution is 0.152. The highest BCUT2D eigenvalue weighted by Crippen LogP contribution is 1.99. The van der Waals surface area contributed by atoms with Gasteiger partial charge in [-0.15, -0.1) is 24.0 Å². The van der Waals surface area contributed by atoms with Crippen molar-refractivity contribution in [2.75, 3.05) is 32.8 Å². The number of rotatable bonds is 9. The fraction of sp³-hybridized carbons (Fsp3) is 0.769. The second-order valence-corrected chi connectivity index (χ2v) is 4.22. The largest absolute Gasteiger partial charge is 0.380 e. The summed E-state index contributed by atoms with van der Waals surface area (Å²) in [6, 6.07) is 0. The van der Waals surface area contributed by atoms with Crippen molar-refractivity contribution in [3.8, 4) is 0 Å². The molecule has 1 aromatic heterocycles. The molecule has 0 saturated heterocycles. The summed E-state index contributed by atoms with van der Waals surface area (Å²) in [5, 5.41) is 10.2. The van der Waals surface area contributed by atoms with Crippen LogP contribution in [0.2, 0.25) is 0 Å². The highest BCUT2D eigenvalue weighted by Gasteiger charge is 2.02. The summed E-state index contributed by atoms with van der Waals surface area (Å²) in [6.45, 7) is 9.56. The van der Waals surface area contributed by atoms with Crippen LogP contribution in [0.4, 0.5) is 0 Å². The lowest BCUT2D eigenvalue weighted by Crippen LogP contribution is -2.39. The van der Waals surface area contributed by atoms with Gasteiger partial charge in [0.25, 0.3) is 0 Å². The molecule has 1 rings (SSSR count). The van der Waals surface area contributed by atoms with Crippen LogP contribution in [0.1, 0.15) is 32.0 Å². The van der Waals surface area contributed by atoms with Gasteiger partial charge in [-0.3, -0.25) is 4.99 Å². The van der Waals surface area contributed by atoms with E-state index < -0.39 is 0 Å². The van der Waals surface area contributed by atoms with Gasteiger partial charge in [0.15, 0.2) is 11.8 Å². The molecule has 0 bridgehead atoms. The summed E-state index contributed by atoms with van der Waals surface area (Å²) < 4.78 is 10.3. The molecule has 1 aromatic rings. The van der Waals surface area contributed by atoms with Gasteiger partial charge >= 0.3 is 0 Å². The van der Waals surface area contributed by atoms with Gasteiger partial charge in [0.05, 0.1) is 6.61 Å². The van der Waals surface area contributed by atoms with Crippen LogP contribution in [-0.2, 0) is 11.2 Å². The molecule has 0 aromatic carbocycles. The minimum Gasteiger partial charge on any atom is -0.380 e. The molecular formula is C13H26IN5O2. The van der Waals surface area contributed by atoms with E-state index in [2.05, 4.69) is 25.8 Å². The van der Waals surface area contributed by atoms with Crippen LogP contribution in [0.25, 0.3) is 0 Å². The molecular weight excluding hydrogens is 385 g/mol. The van der Waals surface area contributed by atoms with E-state index in [4.69, 9.17) is 9.26 Å². The normalized spacial score (nSPS) is 11.1. The molecule has 0 saturated carbocycles. The Kier molecular flexibility index (Phi) is 12.3. The summed E-state index contributed by atoms with van der Waals surface area (Å²) in [5.74, 6) is 2.16. The Labute approximate surface area is 143 Å². The number of nitrogens with one attached hydrogen (secondary N) is 2. The van der Waals surface area contributed by atoms with Crippen LogP contribution in [0, 0.1) is 6.92 Å². The third kappa shape index (κ3) is 9.62. The fourth-order valence-corrected chi connectivity index (χ4v) is 1.59. The number of aryl methyl sites for hydroxylation is 2. The zero-order valence-corrected chi connectivity index (χ0v) is 15.3. The van der Waals surface area contributed by atoms with Crippen molar-refractivity contribution in [1.29, 1.82) is 0 Å². The third-order valence-electron chi connectivity index (χ3n) is 2.48. The van der Waals surface area contributed by atoms with Crippen LogP contribution in [0.5, 0.6) is 0 Å². The number of hydrogen-bond donors (Lipinski definition) is 2. The second-order valence-electron chi connectivity index (χ2n) is 4.22. The van der Waals surface area contributed by atoms with E-state index in [1.165, 1.54) is 0 Å². The van der Waals surface area contributed by atoms with Gasteiger partial charge in [0, 0.05) is 32.7 Å². The van der Waals surface area contributed by atoms with E-state index >= 15 is 0 Å². The number of ether oxygens (including phenoxy) is 1. The summed E-state index contributed by atoms with van der Waals surface area (Å²) in [7, 11) is 0. The Hall–Kier alpha value is -0.900. The lowest BCUT2D eigenvalue weighted by atomic mass is 10.3. The second kappa shape index (κ2) is 12.8. The van der Waals surface area contributed by atoms with Crippen LogP contribution in [0.15, 0.2) is 9.52 Å². The zero-order valence-electron chi connectivity index (χ0n) is 13.0. The molecule has 0 radical (unpaired) electrons. The average molecular weight is 411 g/mol. The maximum atomic E-state index is 5.27. The van der Waals surface area contributed by atoms with Crippen LogP contribution in [0.3, 0.4) is 0 Å². The Morgan fingerprint density at radius 1 is 1.33 bits per heavy atom. The van der Waals surface area contributed by atoms with Crippen molar-refractivity contribution in [2.45, 2.75) is 33.6 Å². The number of halogens is 1. The quantitative estimate of drug-likeness (QED) is 0.278. The molecule has 7 nitrogen and oxygen atoms in total. The molecule has 0 fully saturated rings. The summed E-state index contributed by atoms with van der Waals surface area (Å²) >= 11 is 0. The molecule has 21 heavy (non-hydrogen) atoms. The van der Waals surface area contributed by atoms with Gasteiger partial charge in [0.2, 0.25) is 5.89 Å². The minimum atomic E-state index is 0. The van der Waals surface area contributed by atoms with Crippen LogP contribution >= 0.6 is 24.0 Å². The van der Waals surface area contributed by atoms with Crippen molar-refractivity contribution in [2.24, 2.45) is 4.99 Å². The first-order chi connectivity index (χ1) is 9.76. The molecule has 0 aliphatic carbocycles. The Balaban J connectivity index is 0.00000400. The van der Waals surface area contributed by atoms with Crippen molar-refractivity contribution in [1.82, 2.24) is 20.8 Å². The van der Waals surface area contributed by atoms with Gasteiger partial charge in [-0.1, -0.05) is 5.16 Å². The van der Waals surface area contributed by atoms with E-state index in [1.54, 1.807) is 0 Å². The van der Waals surface area contributed by atoms with Gasteiger partial charge in [-0.05, 0) is 27.2 Å². The number of hydrogen-bond acceptors (Lipinski definition) is 5. The van der Waals surface area contributed by atoms with Crippen molar-refractivity contribution < 1.29 is 9.26 Å². The first-order valence-corrected chi connectivity index (χ1v) is 7.15. The fourth-order valence-electron chi connectivity index (χ4n) is 1.59. The van der Waals surface area contributed by atoms with Crippen LogP contribution < -0.4 is 10.6 Å². The Morgan fingerprint density at radius 2 is 2.14 bits per heavy atom. The standard InChI is InChI=1S/C13H25N5O2.HI/c1-4-14-13(16-9-10-19-5-2)15-8-6-7-12-17-11(3)18-20-12;/h4-10H2,1-3H3,(H2,14,15,16);1H. The SMILES string of the molecule is CCNC(=NCCCc1nc(C)no1)NCCOCC.I. The lowest BCUT2D eigenvalue weighted by Gasteiger charge is -2.10. The molecule has 2 N–H and O–H groups in total. The maximum Gasteiger partial charge on any atom is 0.226 e. The van der Waals surface area contributed by atoms with E-state index in [1.807, 2.05) is 20.8 Å². The minimum absolute atomic E-state index is 0. The van der Waals surface area contributed by atoms with Gasteiger partial charge in [-0.25, -0.2) is 0 Å². The van der Waals surface area contributed by atoms with Crippen molar-refractivity contribution in [3.63, 3.8) is 0 Å². The number of aromatic nitrogens is 2. The van der Waals surface area contributed by atoms with Gasteiger partial charge in [0.1, 0.15) is 0 Å². The van der Waals surface area contributed by atoms with Gasteiger partial charge < -0.3 is 19.9 Å². The smallest absolute Gasteiger partial charge is 0.226 e. The summed E-state index contributed by atoms with van der Waals surface area (Å²) in [4.78, 5) is 8.64. The number of guanidine groups is 1. The Morgan fingerprint density at radius 3 is 2.76 bits per heavy atom. The molecule has 0 spiro atoms. The van der Waals surface area contributed by atoms with E-state index in [0.717, 1.165) is 38.5 Å². The van der Waals surface area contributed by atoms with Gasteiger partial charge in [-0.2, -0.15) is 4.98 Å². The van der Waals surface area contributed by atoms with E-state index in [9.17, 15) is 0 Å². The predicted octanol–water partition coefficient (Wildman–Crippen LogP) is 1.52. The molecule has 122 valence electrons. The summed E-state index contributed by atoms with van der Waals surface area (Å²) in [5.41, 5.74) is 0. The molecule has 8 heteroatoms. The molecule has 0 atom stereocenters. The van der Waals surface area contributed by atoms with Crippen LogP contribution in [-0.4, -0.2) is 48.9 Å². The van der Waals surface area contributed by atoms with E-state index in [-0.39, 0.29) is 24.0 Å². The molecule has 0 aliphatic heterocycles.